The SMILES string of the molecule is CCC(CC)(CN)C(=O)Nc1ccc(OCc2cccnc2)c(Cl)c1.Cl.Cl. The van der Waals surface area contributed by atoms with Crippen molar-refractivity contribution in [1.29, 1.82) is 0 Å². The number of nitrogens with zero attached hydrogens (tertiary/aromatic N) is 1. The molecule has 0 unspecified atom stereocenters. The monoisotopic (exact) mass is 433 g/mol. The molecule has 27 heavy (non-hydrogen) atoms. The molecule has 0 saturated heterocycles. The minimum absolute atomic E-state index is 0. The number of hydrogen-bond donors (Lipinski definition) is 2. The number of hydrogen-bond acceptors (Lipinski definition) is 4. The van der Waals surface area contributed by atoms with Gasteiger partial charge in [0, 0.05) is 30.2 Å². The van der Waals surface area contributed by atoms with E-state index in [1.165, 1.54) is 0 Å². The molecule has 0 saturated carbocycles. The molecule has 0 aliphatic heterocycles. The Bertz CT molecular complexity index is 702. The molecule has 0 radical (unpaired) electrons. The minimum atomic E-state index is -0.554. The highest BCUT2D eigenvalue weighted by Gasteiger charge is 2.33. The van der Waals surface area contributed by atoms with Crippen molar-refractivity contribution in [2.75, 3.05) is 11.9 Å². The predicted molar refractivity (Wildman–Crippen MR) is 115 cm³/mol. The summed E-state index contributed by atoms with van der Waals surface area (Å²) in [6.07, 6.45) is 4.82. The van der Waals surface area contributed by atoms with Gasteiger partial charge in [-0.25, -0.2) is 0 Å². The Balaban J connectivity index is 0.00000338. The van der Waals surface area contributed by atoms with Crippen molar-refractivity contribution in [3.63, 3.8) is 0 Å². The summed E-state index contributed by atoms with van der Waals surface area (Å²) in [5.74, 6) is 0.472. The van der Waals surface area contributed by atoms with Gasteiger partial charge < -0.3 is 15.8 Å². The van der Waals surface area contributed by atoms with Gasteiger partial charge in [0.05, 0.1) is 10.4 Å². The van der Waals surface area contributed by atoms with Crippen LogP contribution in [0, 0.1) is 5.41 Å². The maximum absolute atomic E-state index is 12.6. The van der Waals surface area contributed by atoms with E-state index < -0.39 is 5.41 Å². The Morgan fingerprint density at radius 2 is 1.96 bits per heavy atom. The van der Waals surface area contributed by atoms with Gasteiger partial charge in [-0.2, -0.15) is 0 Å². The van der Waals surface area contributed by atoms with Crippen LogP contribution >= 0.6 is 36.4 Å². The summed E-state index contributed by atoms with van der Waals surface area (Å²) in [7, 11) is 0. The van der Waals surface area contributed by atoms with Crippen LogP contribution in [0.5, 0.6) is 5.75 Å². The van der Waals surface area contributed by atoms with Crippen LogP contribution in [0.1, 0.15) is 32.3 Å². The number of carbonyl (C=O) groups is 1. The zero-order valence-electron chi connectivity index (χ0n) is 15.4. The summed E-state index contributed by atoms with van der Waals surface area (Å²) in [6, 6.07) is 8.98. The third-order valence-corrected chi connectivity index (χ3v) is 4.83. The molecule has 0 fully saturated rings. The smallest absolute Gasteiger partial charge is 0.231 e. The van der Waals surface area contributed by atoms with E-state index in [0.717, 1.165) is 5.56 Å². The first-order valence-electron chi connectivity index (χ1n) is 8.37. The summed E-state index contributed by atoms with van der Waals surface area (Å²) in [5, 5.41) is 3.35. The van der Waals surface area contributed by atoms with Crippen molar-refractivity contribution in [1.82, 2.24) is 4.98 Å². The van der Waals surface area contributed by atoms with E-state index >= 15 is 0 Å². The lowest BCUT2D eigenvalue weighted by Gasteiger charge is -2.28. The molecule has 0 spiro atoms. The summed E-state index contributed by atoms with van der Waals surface area (Å²) in [6.45, 7) is 4.63. The van der Waals surface area contributed by atoms with Crippen LogP contribution in [0.3, 0.4) is 0 Å². The zero-order valence-corrected chi connectivity index (χ0v) is 17.8. The molecule has 150 valence electrons. The first kappa shape index (κ1) is 25.5. The Hall–Kier alpha value is -1.53. The molecule has 0 aliphatic rings. The second-order valence-electron chi connectivity index (χ2n) is 5.94. The maximum Gasteiger partial charge on any atom is 0.231 e. The third-order valence-electron chi connectivity index (χ3n) is 4.53. The summed E-state index contributed by atoms with van der Waals surface area (Å²) in [4.78, 5) is 16.6. The topological polar surface area (TPSA) is 77.2 Å². The van der Waals surface area contributed by atoms with E-state index in [1.54, 1.807) is 30.6 Å². The Kier molecular flexibility index (Phi) is 11.4. The maximum atomic E-state index is 12.6. The van der Waals surface area contributed by atoms with Gasteiger partial charge in [-0.1, -0.05) is 31.5 Å². The molecule has 1 aromatic carbocycles. The Morgan fingerprint density at radius 1 is 1.26 bits per heavy atom. The highest BCUT2D eigenvalue weighted by atomic mass is 35.5. The van der Waals surface area contributed by atoms with Crippen LogP contribution in [-0.2, 0) is 11.4 Å². The number of nitrogens with two attached hydrogens (primary N) is 1. The lowest BCUT2D eigenvalue weighted by atomic mass is 9.81. The van der Waals surface area contributed by atoms with Crippen molar-refractivity contribution < 1.29 is 9.53 Å². The number of benzene rings is 1. The molecule has 1 amide bonds. The number of halogens is 3. The molecule has 0 aliphatic carbocycles. The van der Waals surface area contributed by atoms with Gasteiger partial charge in [0.2, 0.25) is 5.91 Å². The van der Waals surface area contributed by atoms with E-state index in [2.05, 4.69) is 10.3 Å². The average molecular weight is 435 g/mol. The highest BCUT2D eigenvalue weighted by Crippen LogP contribution is 2.31. The van der Waals surface area contributed by atoms with Gasteiger partial charge in [0.25, 0.3) is 0 Å². The quantitative estimate of drug-likeness (QED) is 0.622. The zero-order chi connectivity index (χ0) is 18.3. The number of nitrogens with one attached hydrogen (secondary N) is 1. The molecule has 5 nitrogen and oxygen atoms in total. The molecular weight excluding hydrogens is 409 g/mol. The number of aromatic nitrogens is 1. The lowest BCUT2D eigenvalue weighted by Crippen LogP contribution is -2.41. The fraction of sp³-hybridized carbons (Fsp3) is 0.368. The van der Waals surface area contributed by atoms with E-state index in [0.29, 0.717) is 42.5 Å². The van der Waals surface area contributed by atoms with Crippen LogP contribution in [-0.4, -0.2) is 17.4 Å². The van der Waals surface area contributed by atoms with Crippen LogP contribution in [0.4, 0.5) is 5.69 Å². The highest BCUT2D eigenvalue weighted by molar-refractivity contribution is 6.32. The number of carbonyl (C=O) groups excluding carboxylic acids is 1. The van der Waals surface area contributed by atoms with Gasteiger partial charge >= 0.3 is 0 Å². The number of amides is 1. The first-order chi connectivity index (χ1) is 12.0. The van der Waals surface area contributed by atoms with Crippen LogP contribution in [0.25, 0.3) is 0 Å². The van der Waals surface area contributed by atoms with E-state index in [-0.39, 0.29) is 30.7 Å². The Morgan fingerprint density at radius 3 is 2.48 bits per heavy atom. The average Bonchev–Trinajstić information content (AvgIpc) is 2.64. The summed E-state index contributed by atoms with van der Waals surface area (Å²) in [5.41, 5.74) is 6.85. The molecule has 8 heteroatoms. The van der Waals surface area contributed by atoms with Crippen molar-refractivity contribution in [2.45, 2.75) is 33.3 Å². The number of rotatable bonds is 8. The molecule has 2 rings (SSSR count). The number of ether oxygens (including phenoxy) is 1. The van der Waals surface area contributed by atoms with E-state index in [1.807, 2.05) is 26.0 Å². The largest absolute Gasteiger partial charge is 0.487 e. The molecule has 1 heterocycles. The summed E-state index contributed by atoms with van der Waals surface area (Å²) < 4.78 is 5.71. The van der Waals surface area contributed by atoms with Crippen LogP contribution < -0.4 is 15.8 Å². The van der Waals surface area contributed by atoms with Crippen LogP contribution in [0.2, 0.25) is 5.02 Å². The molecule has 1 aromatic heterocycles. The van der Waals surface area contributed by atoms with Gasteiger partial charge in [-0.3, -0.25) is 9.78 Å². The molecular formula is C19H26Cl3N3O2. The number of pyridine rings is 1. The predicted octanol–water partition coefficient (Wildman–Crippen LogP) is 4.86. The fourth-order valence-electron chi connectivity index (χ4n) is 2.56. The van der Waals surface area contributed by atoms with E-state index in [4.69, 9.17) is 22.1 Å². The summed E-state index contributed by atoms with van der Waals surface area (Å²) >= 11 is 6.28. The number of anilines is 1. The third kappa shape index (κ3) is 6.54. The van der Waals surface area contributed by atoms with Gasteiger partial charge in [0.1, 0.15) is 12.4 Å². The van der Waals surface area contributed by atoms with Crippen LogP contribution in [0.15, 0.2) is 42.7 Å². The second-order valence-corrected chi connectivity index (χ2v) is 6.35. The molecule has 2 aromatic rings. The molecule has 0 atom stereocenters. The minimum Gasteiger partial charge on any atom is -0.487 e. The van der Waals surface area contributed by atoms with Crippen molar-refractivity contribution in [2.24, 2.45) is 11.1 Å². The van der Waals surface area contributed by atoms with Gasteiger partial charge in [-0.15, -0.1) is 24.8 Å². The normalized spacial score (nSPS) is 10.4. The molecule has 0 bridgehead atoms. The Labute approximate surface area is 177 Å². The van der Waals surface area contributed by atoms with Crippen molar-refractivity contribution >= 4 is 48.0 Å². The van der Waals surface area contributed by atoms with Gasteiger partial charge in [-0.05, 0) is 37.1 Å². The lowest BCUT2D eigenvalue weighted by molar-refractivity contribution is -0.125. The fourth-order valence-corrected chi connectivity index (χ4v) is 2.79. The first-order valence-corrected chi connectivity index (χ1v) is 8.75. The van der Waals surface area contributed by atoms with Crippen molar-refractivity contribution in [3.05, 3.63) is 53.3 Å². The van der Waals surface area contributed by atoms with E-state index in [9.17, 15) is 4.79 Å². The standard InChI is InChI=1S/C19H24ClN3O2.2ClH/c1-3-19(4-2,13-21)18(24)23-15-7-8-17(16(20)10-15)25-12-14-6-5-9-22-11-14;;/h5-11H,3-4,12-13,21H2,1-2H3,(H,23,24);2*1H. The van der Waals surface area contributed by atoms with Crippen molar-refractivity contribution in [3.8, 4) is 5.75 Å². The molecule has 3 N–H and O–H groups in total. The second kappa shape index (κ2) is 12.0. The van der Waals surface area contributed by atoms with Gasteiger partial charge in [0.15, 0.2) is 0 Å².